The monoisotopic (exact) mass is 296 g/mol. The molecule has 2 rings (SSSR count). The largest absolute Gasteiger partial charge is 0.373 e. The molecule has 2 aromatic rings. The summed E-state index contributed by atoms with van der Waals surface area (Å²) in [5, 5.41) is 6.23. The molecule has 19 heavy (non-hydrogen) atoms. The molecule has 0 aliphatic heterocycles. The van der Waals surface area contributed by atoms with E-state index in [1.807, 2.05) is 0 Å². The second-order valence-electron chi connectivity index (χ2n) is 3.62. The third-order valence-corrected chi connectivity index (χ3v) is 2.85. The summed E-state index contributed by atoms with van der Waals surface area (Å²) in [4.78, 5) is 20.0. The van der Waals surface area contributed by atoms with Gasteiger partial charge in [0.25, 0.3) is 5.91 Å². The molecule has 0 saturated carbocycles. The maximum atomic E-state index is 12.1. The van der Waals surface area contributed by atoms with Gasteiger partial charge in [0.1, 0.15) is 11.6 Å². The fraction of sp³-hybridized carbons (Fsp3) is 0.0833. The van der Waals surface area contributed by atoms with E-state index in [2.05, 4.69) is 20.6 Å². The summed E-state index contributed by atoms with van der Waals surface area (Å²) >= 11 is 11.7. The van der Waals surface area contributed by atoms with Gasteiger partial charge in [0.15, 0.2) is 0 Å². The summed E-state index contributed by atoms with van der Waals surface area (Å²) in [6.45, 7) is 0. The molecule has 0 aliphatic rings. The number of rotatable bonds is 3. The highest BCUT2D eigenvalue weighted by atomic mass is 35.5. The zero-order chi connectivity index (χ0) is 13.8. The van der Waals surface area contributed by atoms with Crippen LogP contribution >= 0.6 is 23.2 Å². The number of hydrogen-bond donors (Lipinski definition) is 2. The van der Waals surface area contributed by atoms with Gasteiger partial charge in [0.05, 0.1) is 15.6 Å². The van der Waals surface area contributed by atoms with Gasteiger partial charge in [-0.05, 0) is 18.2 Å². The minimum atomic E-state index is -0.362. The highest BCUT2D eigenvalue weighted by molar-refractivity contribution is 6.34. The molecule has 0 unspecified atom stereocenters. The molecule has 5 nitrogen and oxygen atoms in total. The Morgan fingerprint density at radius 3 is 2.53 bits per heavy atom. The van der Waals surface area contributed by atoms with Crippen LogP contribution in [0.2, 0.25) is 10.0 Å². The molecule has 0 saturated heterocycles. The molecule has 0 radical (unpaired) electrons. The first kappa shape index (κ1) is 13.6. The van der Waals surface area contributed by atoms with Gasteiger partial charge in [-0.2, -0.15) is 0 Å². The van der Waals surface area contributed by atoms with Crippen LogP contribution in [0.3, 0.4) is 0 Å². The molecule has 98 valence electrons. The van der Waals surface area contributed by atoms with Crippen LogP contribution in [-0.4, -0.2) is 22.9 Å². The first-order valence-electron chi connectivity index (χ1n) is 5.36. The van der Waals surface area contributed by atoms with E-state index >= 15 is 0 Å². The molecule has 0 spiro atoms. The molecule has 2 N–H and O–H groups in total. The first-order chi connectivity index (χ1) is 9.10. The van der Waals surface area contributed by atoms with Crippen molar-refractivity contribution in [3.63, 3.8) is 0 Å². The number of nitrogens with one attached hydrogen (secondary N) is 2. The Morgan fingerprint density at radius 1 is 1.16 bits per heavy atom. The lowest BCUT2D eigenvalue weighted by Gasteiger charge is -2.07. The van der Waals surface area contributed by atoms with Gasteiger partial charge in [0, 0.05) is 19.4 Å². The minimum Gasteiger partial charge on any atom is -0.373 e. The van der Waals surface area contributed by atoms with Crippen LogP contribution in [0.4, 0.5) is 11.6 Å². The van der Waals surface area contributed by atoms with Crippen LogP contribution < -0.4 is 10.6 Å². The lowest BCUT2D eigenvalue weighted by Crippen LogP contribution is -2.14. The Hall–Kier alpha value is -1.85. The first-order valence-corrected chi connectivity index (χ1v) is 6.12. The van der Waals surface area contributed by atoms with Crippen molar-refractivity contribution in [1.29, 1.82) is 0 Å². The second kappa shape index (κ2) is 5.86. The molecule has 7 heteroatoms. The Morgan fingerprint density at radius 2 is 1.89 bits per heavy atom. The number of carbonyl (C=O) groups excluding carboxylic acids is 1. The van der Waals surface area contributed by atoms with E-state index in [9.17, 15) is 4.79 Å². The van der Waals surface area contributed by atoms with E-state index in [4.69, 9.17) is 23.2 Å². The summed E-state index contributed by atoms with van der Waals surface area (Å²) in [6, 6.07) is 4.80. The van der Waals surface area contributed by atoms with E-state index in [1.54, 1.807) is 25.2 Å². The second-order valence-corrected chi connectivity index (χ2v) is 4.46. The van der Waals surface area contributed by atoms with Crippen molar-refractivity contribution in [2.75, 3.05) is 17.7 Å². The van der Waals surface area contributed by atoms with Crippen LogP contribution in [0.15, 0.2) is 30.6 Å². The van der Waals surface area contributed by atoms with Gasteiger partial charge in [0.2, 0.25) is 0 Å². The summed E-state index contributed by atoms with van der Waals surface area (Å²) in [7, 11) is 1.71. The summed E-state index contributed by atoms with van der Waals surface area (Å²) in [6.07, 6.45) is 2.86. The molecule has 2 aromatic heterocycles. The van der Waals surface area contributed by atoms with Gasteiger partial charge in [-0.15, -0.1) is 0 Å². The summed E-state index contributed by atoms with van der Waals surface area (Å²) in [5.41, 5.74) is 0.317. The minimum absolute atomic E-state index is 0.269. The standard InChI is InChI=1S/C12H10Cl2N4O/c1-15-11-4-8(9(14)6-17-11)12(19)18-10-3-2-7(13)5-16-10/h2-6H,1H3,(H,15,17)(H,16,18,19). The number of pyridine rings is 2. The third kappa shape index (κ3) is 3.33. The van der Waals surface area contributed by atoms with Gasteiger partial charge in [-0.3, -0.25) is 4.79 Å². The lowest BCUT2D eigenvalue weighted by molar-refractivity contribution is 0.102. The zero-order valence-corrected chi connectivity index (χ0v) is 11.5. The quantitative estimate of drug-likeness (QED) is 0.913. The van der Waals surface area contributed by atoms with E-state index in [0.717, 1.165) is 0 Å². The van der Waals surface area contributed by atoms with E-state index in [0.29, 0.717) is 22.2 Å². The average Bonchev–Trinajstić information content (AvgIpc) is 2.42. The molecule has 0 aromatic carbocycles. The molecule has 0 fully saturated rings. The van der Waals surface area contributed by atoms with Crippen LogP contribution in [0.1, 0.15) is 10.4 Å². The van der Waals surface area contributed by atoms with E-state index in [1.165, 1.54) is 12.4 Å². The molecule has 0 bridgehead atoms. The number of anilines is 2. The number of carbonyl (C=O) groups is 1. The molecule has 0 aliphatic carbocycles. The number of aromatic nitrogens is 2. The van der Waals surface area contributed by atoms with Crippen molar-refractivity contribution in [2.45, 2.75) is 0 Å². The smallest absolute Gasteiger partial charge is 0.258 e. The van der Waals surface area contributed by atoms with Gasteiger partial charge in [-0.25, -0.2) is 9.97 Å². The number of halogens is 2. The Balaban J connectivity index is 2.22. The normalized spacial score (nSPS) is 10.1. The van der Waals surface area contributed by atoms with Crippen molar-refractivity contribution >= 4 is 40.7 Å². The van der Waals surface area contributed by atoms with Crippen molar-refractivity contribution in [3.8, 4) is 0 Å². The molecular formula is C12H10Cl2N4O. The van der Waals surface area contributed by atoms with Crippen LogP contribution in [0, 0.1) is 0 Å². The maximum absolute atomic E-state index is 12.1. The number of nitrogens with zero attached hydrogens (tertiary/aromatic N) is 2. The Kier molecular flexibility index (Phi) is 4.19. The van der Waals surface area contributed by atoms with Gasteiger partial charge in [-0.1, -0.05) is 23.2 Å². The predicted octanol–water partition coefficient (Wildman–Crippen LogP) is 3.08. The van der Waals surface area contributed by atoms with Crippen molar-refractivity contribution in [2.24, 2.45) is 0 Å². The van der Waals surface area contributed by atoms with Gasteiger partial charge >= 0.3 is 0 Å². The topological polar surface area (TPSA) is 66.9 Å². The third-order valence-electron chi connectivity index (χ3n) is 2.33. The number of hydrogen-bond acceptors (Lipinski definition) is 4. The summed E-state index contributed by atoms with van der Waals surface area (Å²) < 4.78 is 0. The lowest BCUT2D eigenvalue weighted by atomic mass is 10.2. The van der Waals surface area contributed by atoms with Crippen molar-refractivity contribution < 1.29 is 4.79 Å². The predicted molar refractivity (Wildman–Crippen MR) is 76.0 cm³/mol. The molecule has 1 amide bonds. The highest BCUT2D eigenvalue weighted by Crippen LogP contribution is 2.19. The Labute approximate surface area is 120 Å². The zero-order valence-electron chi connectivity index (χ0n) is 9.95. The Bertz CT molecular complexity index is 601. The maximum Gasteiger partial charge on any atom is 0.258 e. The van der Waals surface area contributed by atoms with Gasteiger partial charge < -0.3 is 10.6 Å². The van der Waals surface area contributed by atoms with Crippen LogP contribution in [0.25, 0.3) is 0 Å². The molecular weight excluding hydrogens is 287 g/mol. The van der Waals surface area contributed by atoms with Crippen LogP contribution in [0.5, 0.6) is 0 Å². The van der Waals surface area contributed by atoms with Crippen LogP contribution in [-0.2, 0) is 0 Å². The van der Waals surface area contributed by atoms with E-state index < -0.39 is 0 Å². The number of amides is 1. The van der Waals surface area contributed by atoms with Crippen molar-refractivity contribution in [3.05, 3.63) is 46.2 Å². The fourth-order valence-corrected chi connectivity index (χ4v) is 1.68. The highest BCUT2D eigenvalue weighted by Gasteiger charge is 2.12. The summed E-state index contributed by atoms with van der Waals surface area (Å²) in [5.74, 6) is 0.589. The van der Waals surface area contributed by atoms with Crippen molar-refractivity contribution in [1.82, 2.24) is 9.97 Å². The van der Waals surface area contributed by atoms with E-state index in [-0.39, 0.29) is 10.9 Å². The molecule has 2 heterocycles. The fourth-order valence-electron chi connectivity index (χ4n) is 1.38. The SMILES string of the molecule is CNc1cc(C(=O)Nc2ccc(Cl)cn2)c(Cl)cn1. The average molecular weight is 297 g/mol. The molecule has 0 atom stereocenters.